The lowest BCUT2D eigenvalue weighted by atomic mass is 9.93. The number of anilines is 2. The van der Waals surface area contributed by atoms with Crippen molar-refractivity contribution in [3.05, 3.63) is 55.0 Å². The zero-order chi connectivity index (χ0) is 26.4. The Balaban J connectivity index is 0.000000747. The first kappa shape index (κ1) is 26.4. The molecule has 0 atom stereocenters. The molecular formula is C29H38N6O2. The number of benzene rings is 2. The minimum atomic E-state index is 0.333. The summed E-state index contributed by atoms with van der Waals surface area (Å²) in [5.74, 6) is 1.56. The van der Waals surface area contributed by atoms with Gasteiger partial charge < -0.3 is 20.1 Å². The van der Waals surface area contributed by atoms with Crippen LogP contribution >= 0.6 is 0 Å². The molecule has 0 aliphatic heterocycles. The van der Waals surface area contributed by atoms with Gasteiger partial charge in [-0.15, -0.1) is 0 Å². The molecule has 0 saturated heterocycles. The Bertz CT molecular complexity index is 1290. The van der Waals surface area contributed by atoms with E-state index in [2.05, 4.69) is 45.3 Å². The monoisotopic (exact) mass is 502 g/mol. The van der Waals surface area contributed by atoms with E-state index in [-0.39, 0.29) is 0 Å². The van der Waals surface area contributed by atoms with E-state index in [0.29, 0.717) is 12.1 Å². The Morgan fingerprint density at radius 2 is 1.59 bits per heavy atom. The molecule has 2 aromatic carbocycles. The van der Waals surface area contributed by atoms with Crippen molar-refractivity contribution in [2.45, 2.75) is 58.0 Å². The third kappa shape index (κ3) is 6.57. The van der Waals surface area contributed by atoms with Gasteiger partial charge in [0, 0.05) is 54.4 Å². The maximum absolute atomic E-state index is 5.57. The van der Waals surface area contributed by atoms with Crippen molar-refractivity contribution < 1.29 is 9.47 Å². The predicted molar refractivity (Wildman–Crippen MR) is 150 cm³/mol. The smallest absolute Gasteiger partial charge is 0.124 e. The second-order valence-electron chi connectivity index (χ2n) is 9.81. The molecule has 37 heavy (non-hydrogen) atoms. The predicted octanol–water partition coefficient (Wildman–Crippen LogP) is 5.87. The van der Waals surface area contributed by atoms with Gasteiger partial charge in [0.25, 0.3) is 0 Å². The molecule has 0 radical (unpaired) electrons. The first-order valence-corrected chi connectivity index (χ1v) is 12.9. The van der Waals surface area contributed by atoms with E-state index >= 15 is 0 Å². The van der Waals surface area contributed by atoms with Crippen molar-refractivity contribution in [3.63, 3.8) is 0 Å². The van der Waals surface area contributed by atoms with Gasteiger partial charge in [-0.05, 0) is 37.1 Å². The second kappa shape index (κ2) is 12.1. The Labute approximate surface area is 219 Å². The largest absolute Gasteiger partial charge is 0.497 e. The van der Waals surface area contributed by atoms with Crippen LogP contribution in [0.5, 0.6) is 11.5 Å². The van der Waals surface area contributed by atoms with Gasteiger partial charge in [0.05, 0.1) is 43.3 Å². The molecule has 5 rings (SSSR count). The van der Waals surface area contributed by atoms with E-state index in [1.165, 1.54) is 19.3 Å². The number of ether oxygens (including phenoxy) is 2. The quantitative estimate of drug-likeness (QED) is 0.352. The zero-order valence-corrected chi connectivity index (χ0v) is 22.5. The van der Waals surface area contributed by atoms with Crippen molar-refractivity contribution in [2.75, 3.05) is 19.1 Å². The molecule has 1 fully saturated rings. The minimum Gasteiger partial charge on any atom is -0.497 e. The summed E-state index contributed by atoms with van der Waals surface area (Å²) in [5.41, 5.74) is 10.8. The maximum atomic E-state index is 5.57. The molecular weight excluding hydrogens is 464 g/mol. The molecule has 4 aromatic rings. The third-order valence-corrected chi connectivity index (χ3v) is 6.36. The summed E-state index contributed by atoms with van der Waals surface area (Å²) in [6.07, 6.45) is 11.7. The Hall–Kier alpha value is -3.65. The van der Waals surface area contributed by atoms with Crippen LogP contribution in [0.4, 0.5) is 11.4 Å². The second-order valence-corrected chi connectivity index (χ2v) is 9.81. The lowest BCUT2D eigenvalue weighted by molar-refractivity contribution is 0.393. The van der Waals surface area contributed by atoms with Gasteiger partial charge in [0.15, 0.2) is 0 Å². The van der Waals surface area contributed by atoms with Crippen molar-refractivity contribution in [2.24, 2.45) is 12.8 Å². The number of rotatable bonds is 6. The number of fused-ring (bicyclic) bond motifs is 1. The number of hydrogen-bond acceptors (Lipinski definition) is 7. The van der Waals surface area contributed by atoms with Crippen LogP contribution in [0.1, 0.15) is 46.0 Å². The average molecular weight is 503 g/mol. The first-order chi connectivity index (χ1) is 17.9. The fourth-order valence-corrected chi connectivity index (χ4v) is 4.68. The van der Waals surface area contributed by atoms with Crippen molar-refractivity contribution in [1.29, 1.82) is 0 Å². The standard InChI is InChI=1S/C26H29N5O2.C3H9N/c1-30-17-18(15-28-30)26-16-27-24-10-9-20(13-25(24)29-26)31(19-7-5-4-6-8-19)21-11-22(32-2)14-23(12-21)33-3;1-3(2)4/h9-17,19H,4-8H2,1-3H3;3H,4H2,1-2H3. The Morgan fingerprint density at radius 3 is 2.19 bits per heavy atom. The molecule has 0 unspecified atom stereocenters. The number of aromatic nitrogens is 4. The minimum absolute atomic E-state index is 0.333. The van der Waals surface area contributed by atoms with Gasteiger partial charge in [-0.3, -0.25) is 9.67 Å². The van der Waals surface area contributed by atoms with Gasteiger partial charge in [0.1, 0.15) is 11.5 Å². The SMILES string of the molecule is CC(C)N.COc1cc(OC)cc(N(c2ccc3ncc(-c4cnn(C)c4)nc3c2)C2CCCCC2)c1. The molecule has 196 valence electrons. The molecule has 1 saturated carbocycles. The molecule has 0 bridgehead atoms. The molecule has 0 amide bonds. The van der Waals surface area contributed by atoms with Crippen LogP contribution in [0.2, 0.25) is 0 Å². The van der Waals surface area contributed by atoms with Crippen molar-refractivity contribution >= 4 is 22.4 Å². The van der Waals surface area contributed by atoms with E-state index in [4.69, 9.17) is 20.2 Å². The van der Waals surface area contributed by atoms with Gasteiger partial charge in [-0.25, -0.2) is 4.98 Å². The summed E-state index contributed by atoms with van der Waals surface area (Å²) < 4.78 is 12.9. The third-order valence-electron chi connectivity index (χ3n) is 6.36. The molecule has 2 heterocycles. The van der Waals surface area contributed by atoms with Gasteiger partial charge >= 0.3 is 0 Å². The van der Waals surface area contributed by atoms with E-state index < -0.39 is 0 Å². The molecule has 8 heteroatoms. The highest BCUT2D eigenvalue weighted by Crippen LogP contribution is 2.39. The Kier molecular flexibility index (Phi) is 8.61. The summed E-state index contributed by atoms with van der Waals surface area (Å²) in [7, 11) is 5.28. The van der Waals surface area contributed by atoms with Crippen LogP contribution < -0.4 is 20.1 Å². The van der Waals surface area contributed by atoms with Gasteiger partial charge in [-0.2, -0.15) is 5.10 Å². The van der Waals surface area contributed by atoms with E-state index in [9.17, 15) is 0 Å². The highest BCUT2D eigenvalue weighted by Gasteiger charge is 2.24. The lowest BCUT2D eigenvalue weighted by Gasteiger charge is -2.36. The fourth-order valence-electron chi connectivity index (χ4n) is 4.68. The summed E-state index contributed by atoms with van der Waals surface area (Å²) in [6.45, 7) is 3.89. The molecule has 1 aliphatic rings. The number of aryl methyl sites for hydroxylation is 1. The molecule has 2 aromatic heterocycles. The lowest BCUT2D eigenvalue weighted by Crippen LogP contribution is -2.33. The van der Waals surface area contributed by atoms with Crippen LogP contribution in [0.25, 0.3) is 22.3 Å². The summed E-state index contributed by atoms with van der Waals surface area (Å²) in [4.78, 5) is 12.0. The highest BCUT2D eigenvalue weighted by atomic mass is 16.5. The fraction of sp³-hybridized carbons (Fsp3) is 0.414. The van der Waals surface area contributed by atoms with E-state index in [0.717, 1.165) is 58.0 Å². The number of nitrogens with two attached hydrogens (primary N) is 1. The van der Waals surface area contributed by atoms with Crippen LogP contribution in [-0.4, -0.2) is 46.1 Å². The van der Waals surface area contributed by atoms with Crippen LogP contribution in [0.15, 0.2) is 55.0 Å². The number of nitrogens with zero attached hydrogens (tertiary/aromatic N) is 5. The molecule has 8 nitrogen and oxygen atoms in total. The normalized spacial score (nSPS) is 13.8. The summed E-state index contributed by atoms with van der Waals surface area (Å²) in [5, 5.41) is 4.27. The zero-order valence-electron chi connectivity index (χ0n) is 22.5. The summed E-state index contributed by atoms with van der Waals surface area (Å²) in [6, 6.07) is 13.1. The average Bonchev–Trinajstić information content (AvgIpc) is 3.34. The van der Waals surface area contributed by atoms with Crippen LogP contribution in [-0.2, 0) is 7.05 Å². The van der Waals surface area contributed by atoms with Crippen LogP contribution in [0.3, 0.4) is 0 Å². The highest BCUT2D eigenvalue weighted by molar-refractivity contribution is 5.83. The first-order valence-electron chi connectivity index (χ1n) is 12.9. The van der Waals surface area contributed by atoms with Gasteiger partial charge in [0.2, 0.25) is 0 Å². The van der Waals surface area contributed by atoms with Crippen LogP contribution in [0, 0.1) is 0 Å². The Morgan fingerprint density at radius 1 is 0.919 bits per heavy atom. The number of hydrogen-bond donors (Lipinski definition) is 1. The number of methoxy groups -OCH3 is 2. The molecule has 0 spiro atoms. The maximum Gasteiger partial charge on any atom is 0.124 e. The van der Waals surface area contributed by atoms with Gasteiger partial charge in [-0.1, -0.05) is 33.1 Å². The molecule has 2 N–H and O–H groups in total. The molecule has 1 aliphatic carbocycles. The summed E-state index contributed by atoms with van der Waals surface area (Å²) >= 11 is 0. The van der Waals surface area contributed by atoms with E-state index in [1.807, 2.05) is 45.6 Å². The van der Waals surface area contributed by atoms with E-state index in [1.54, 1.807) is 18.9 Å². The topological polar surface area (TPSA) is 91.3 Å². The van der Waals surface area contributed by atoms with Crippen molar-refractivity contribution in [3.8, 4) is 22.8 Å². The van der Waals surface area contributed by atoms with Crippen molar-refractivity contribution in [1.82, 2.24) is 19.7 Å².